The second-order valence-corrected chi connectivity index (χ2v) is 6.64. The molecule has 0 saturated heterocycles. The number of hydrogen-bond donors (Lipinski definition) is 0. The Morgan fingerprint density at radius 2 is 1.79 bits per heavy atom. The van der Waals surface area contributed by atoms with Gasteiger partial charge < -0.3 is 13.7 Å². The molecule has 2 aromatic heterocycles. The van der Waals surface area contributed by atoms with Crippen LogP contribution in [0.3, 0.4) is 0 Å². The number of esters is 1. The summed E-state index contributed by atoms with van der Waals surface area (Å²) in [6.45, 7) is -0.0742. The Morgan fingerprint density at radius 1 is 0.966 bits per heavy atom. The van der Waals surface area contributed by atoms with Crippen LogP contribution in [-0.2, 0) is 22.6 Å². The Balaban J connectivity index is 1.30. The van der Waals surface area contributed by atoms with Gasteiger partial charge in [-0.3, -0.25) is 4.79 Å². The molecule has 5 rings (SSSR count). The van der Waals surface area contributed by atoms with Gasteiger partial charge in [-0.25, -0.2) is 0 Å². The summed E-state index contributed by atoms with van der Waals surface area (Å²) in [7, 11) is 0. The summed E-state index contributed by atoms with van der Waals surface area (Å²) < 4.78 is 16.1. The van der Waals surface area contributed by atoms with Gasteiger partial charge in [-0.15, -0.1) is 0 Å². The predicted molar refractivity (Wildman–Crippen MR) is 107 cm³/mol. The van der Waals surface area contributed by atoms with Crippen molar-refractivity contribution in [2.24, 2.45) is 0 Å². The zero-order valence-electron chi connectivity index (χ0n) is 15.4. The number of rotatable bonds is 5. The Hall–Kier alpha value is -3.93. The van der Waals surface area contributed by atoms with Gasteiger partial charge in [0.25, 0.3) is 5.89 Å². The fraction of sp³-hybridized carbons (Fsp3) is 0.0870. The molecule has 0 amide bonds. The van der Waals surface area contributed by atoms with Crippen LogP contribution in [0.1, 0.15) is 11.5 Å². The molecule has 0 radical (unpaired) electrons. The van der Waals surface area contributed by atoms with Crippen LogP contribution < -0.4 is 0 Å². The third-order valence-electron chi connectivity index (χ3n) is 4.73. The van der Waals surface area contributed by atoms with Crippen molar-refractivity contribution in [1.82, 2.24) is 10.1 Å². The van der Waals surface area contributed by atoms with Gasteiger partial charge >= 0.3 is 5.97 Å². The van der Waals surface area contributed by atoms with Crippen LogP contribution in [0.25, 0.3) is 33.1 Å². The maximum atomic E-state index is 12.4. The molecule has 0 aliphatic rings. The van der Waals surface area contributed by atoms with Crippen molar-refractivity contribution >= 4 is 27.7 Å². The van der Waals surface area contributed by atoms with Gasteiger partial charge in [0.2, 0.25) is 5.82 Å². The van der Waals surface area contributed by atoms with Gasteiger partial charge in [0, 0.05) is 16.5 Å². The summed E-state index contributed by atoms with van der Waals surface area (Å²) in [5, 5.41) is 7.00. The third-order valence-corrected chi connectivity index (χ3v) is 4.73. The number of benzene rings is 3. The molecule has 6 heteroatoms. The largest absolute Gasteiger partial charge is 0.464 e. The van der Waals surface area contributed by atoms with E-state index in [0.29, 0.717) is 5.82 Å². The summed E-state index contributed by atoms with van der Waals surface area (Å²) >= 11 is 0. The van der Waals surface area contributed by atoms with E-state index in [9.17, 15) is 4.79 Å². The van der Waals surface area contributed by atoms with E-state index in [2.05, 4.69) is 10.1 Å². The standard InChI is InChI=1S/C23H16N2O4/c26-21(28-14-20-24-23(25-29-20)16-7-2-1-3-8-16)12-17-13-27-19-11-10-15-6-4-5-9-18(15)22(17)19/h1-11,13H,12,14H2. The molecule has 0 unspecified atom stereocenters. The number of furan rings is 1. The molecule has 0 aliphatic carbocycles. The number of ether oxygens (including phenoxy) is 1. The van der Waals surface area contributed by atoms with Crippen LogP contribution >= 0.6 is 0 Å². The van der Waals surface area contributed by atoms with Crippen LogP contribution in [-0.4, -0.2) is 16.1 Å². The second-order valence-electron chi connectivity index (χ2n) is 6.64. The van der Waals surface area contributed by atoms with Crippen molar-refractivity contribution in [3.05, 3.63) is 84.4 Å². The molecule has 2 heterocycles. The summed E-state index contributed by atoms with van der Waals surface area (Å²) in [5.74, 6) is 0.323. The van der Waals surface area contributed by atoms with E-state index in [1.807, 2.05) is 66.7 Å². The van der Waals surface area contributed by atoms with Gasteiger partial charge in [0.15, 0.2) is 6.61 Å². The lowest BCUT2D eigenvalue weighted by Gasteiger charge is -2.03. The minimum Gasteiger partial charge on any atom is -0.464 e. The first kappa shape index (κ1) is 17.2. The number of fused-ring (bicyclic) bond motifs is 3. The Bertz CT molecular complexity index is 1300. The number of hydrogen-bond acceptors (Lipinski definition) is 6. The molecule has 0 aliphatic heterocycles. The molecule has 0 saturated carbocycles. The van der Waals surface area contributed by atoms with E-state index in [1.54, 1.807) is 6.26 Å². The highest BCUT2D eigenvalue weighted by atomic mass is 16.6. The maximum absolute atomic E-state index is 12.4. The lowest BCUT2D eigenvalue weighted by atomic mass is 10.0. The SMILES string of the molecule is O=C(Cc1coc2ccc3ccccc3c12)OCc1nc(-c2ccccc2)no1. The molecule has 5 aromatic rings. The average molecular weight is 384 g/mol. The van der Waals surface area contributed by atoms with Crippen LogP contribution in [0.5, 0.6) is 0 Å². The van der Waals surface area contributed by atoms with Gasteiger partial charge in [-0.1, -0.05) is 65.8 Å². The molecule has 3 aromatic carbocycles. The lowest BCUT2D eigenvalue weighted by molar-refractivity contribution is -0.144. The molecule has 0 atom stereocenters. The minimum atomic E-state index is -0.389. The average Bonchev–Trinajstić information content (AvgIpc) is 3.40. The van der Waals surface area contributed by atoms with Crippen molar-refractivity contribution in [2.45, 2.75) is 13.0 Å². The Morgan fingerprint density at radius 3 is 2.69 bits per heavy atom. The molecule has 0 N–H and O–H groups in total. The number of carbonyl (C=O) groups excluding carboxylic acids is 1. The first-order valence-electron chi connectivity index (χ1n) is 9.19. The Labute approximate surface area is 165 Å². The summed E-state index contributed by atoms with van der Waals surface area (Å²) in [6.07, 6.45) is 1.71. The van der Waals surface area contributed by atoms with Crippen LogP contribution in [0.2, 0.25) is 0 Å². The molecule has 0 spiro atoms. The fourth-order valence-corrected chi connectivity index (χ4v) is 3.37. The zero-order valence-corrected chi connectivity index (χ0v) is 15.4. The van der Waals surface area contributed by atoms with Crippen molar-refractivity contribution in [3.8, 4) is 11.4 Å². The van der Waals surface area contributed by atoms with Crippen molar-refractivity contribution in [3.63, 3.8) is 0 Å². The smallest absolute Gasteiger partial charge is 0.310 e. The molecule has 0 bridgehead atoms. The third kappa shape index (κ3) is 3.36. The number of nitrogens with zero attached hydrogens (tertiary/aromatic N) is 2. The van der Waals surface area contributed by atoms with E-state index < -0.39 is 0 Å². The number of aromatic nitrogens is 2. The van der Waals surface area contributed by atoms with Crippen LogP contribution in [0, 0.1) is 0 Å². The van der Waals surface area contributed by atoms with Gasteiger partial charge in [-0.2, -0.15) is 4.98 Å². The van der Waals surface area contributed by atoms with Crippen molar-refractivity contribution < 1.29 is 18.5 Å². The molecular formula is C23H16N2O4. The van der Waals surface area contributed by atoms with Gasteiger partial charge in [-0.05, 0) is 16.8 Å². The fourth-order valence-electron chi connectivity index (χ4n) is 3.37. The summed E-state index contributed by atoms with van der Waals surface area (Å²) in [5.41, 5.74) is 2.37. The highest BCUT2D eigenvalue weighted by Crippen LogP contribution is 2.30. The topological polar surface area (TPSA) is 78.4 Å². The molecule has 142 valence electrons. The molecular weight excluding hydrogens is 368 g/mol. The first-order valence-corrected chi connectivity index (χ1v) is 9.19. The predicted octanol–water partition coefficient (Wildman–Crippen LogP) is 4.92. The van der Waals surface area contributed by atoms with E-state index in [1.165, 1.54) is 0 Å². The van der Waals surface area contributed by atoms with E-state index in [0.717, 1.165) is 32.9 Å². The van der Waals surface area contributed by atoms with E-state index in [-0.39, 0.29) is 24.9 Å². The van der Waals surface area contributed by atoms with Gasteiger partial charge in [0.1, 0.15) is 5.58 Å². The maximum Gasteiger partial charge on any atom is 0.310 e. The van der Waals surface area contributed by atoms with Crippen molar-refractivity contribution in [2.75, 3.05) is 0 Å². The van der Waals surface area contributed by atoms with E-state index in [4.69, 9.17) is 13.7 Å². The molecule has 29 heavy (non-hydrogen) atoms. The summed E-state index contributed by atoms with van der Waals surface area (Å²) in [4.78, 5) is 16.7. The number of carbonyl (C=O) groups is 1. The normalized spacial score (nSPS) is 11.2. The van der Waals surface area contributed by atoms with Crippen LogP contribution in [0.4, 0.5) is 0 Å². The summed E-state index contributed by atoms with van der Waals surface area (Å²) in [6, 6.07) is 21.4. The molecule has 0 fully saturated rings. The minimum absolute atomic E-state index is 0.0742. The Kier molecular flexibility index (Phi) is 4.29. The van der Waals surface area contributed by atoms with Crippen molar-refractivity contribution in [1.29, 1.82) is 0 Å². The zero-order chi connectivity index (χ0) is 19.6. The second kappa shape index (κ2) is 7.24. The van der Waals surface area contributed by atoms with E-state index >= 15 is 0 Å². The highest BCUT2D eigenvalue weighted by molar-refractivity contribution is 6.08. The molecule has 6 nitrogen and oxygen atoms in total. The van der Waals surface area contributed by atoms with Crippen LogP contribution in [0.15, 0.2) is 81.9 Å². The lowest BCUT2D eigenvalue weighted by Crippen LogP contribution is -2.08. The monoisotopic (exact) mass is 384 g/mol. The first-order chi connectivity index (χ1) is 14.3. The highest BCUT2D eigenvalue weighted by Gasteiger charge is 2.15. The quantitative estimate of drug-likeness (QED) is 0.400. The van der Waals surface area contributed by atoms with Gasteiger partial charge in [0.05, 0.1) is 12.7 Å².